The lowest BCUT2D eigenvalue weighted by atomic mass is 9.83. The molecule has 238 valence electrons. The van der Waals surface area contributed by atoms with Crippen LogP contribution in [0.25, 0.3) is 10.9 Å². The number of hydrogen-bond donors (Lipinski definition) is 1. The first kappa shape index (κ1) is 32.5. The maximum atomic E-state index is 13.5. The second kappa shape index (κ2) is 13.2. The lowest BCUT2D eigenvalue weighted by molar-refractivity contribution is -0.0171. The molecule has 0 saturated carbocycles. The molecule has 4 aromatic rings. The second-order valence-corrected chi connectivity index (χ2v) is 13.9. The lowest BCUT2D eigenvalue weighted by Gasteiger charge is -2.42. The molecule has 12 heteroatoms. The molecule has 9 nitrogen and oxygen atoms in total. The van der Waals surface area contributed by atoms with Crippen LogP contribution >= 0.6 is 11.6 Å². The Morgan fingerprint density at radius 2 is 1.91 bits per heavy atom. The Bertz CT molecular complexity index is 1830. The van der Waals surface area contributed by atoms with E-state index in [2.05, 4.69) is 15.3 Å². The highest BCUT2D eigenvalue weighted by Crippen LogP contribution is 2.46. The minimum atomic E-state index is -3.60. The summed E-state index contributed by atoms with van der Waals surface area (Å²) < 4.78 is 59.8. The van der Waals surface area contributed by atoms with Gasteiger partial charge in [-0.15, -0.1) is 0 Å². The fraction of sp³-hybridized carbons (Fsp3) is 0.333. The molecule has 1 aliphatic heterocycles. The van der Waals surface area contributed by atoms with Crippen molar-refractivity contribution in [3.8, 4) is 11.5 Å². The Kier molecular flexibility index (Phi) is 9.52. The second-order valence-electron chi connectivity index (χ2n) is 11.0. The number of likely N-dealkylation sites (N-methyl/N-ethyl adjacent to an activating group) is 1. The largest absolute Gasteiger partial charge is 0.496 e. The summed E-state index contributed by atoms with van der Waals surface area (Å²) in [6.07, 6.45) is 5.37. The van der Waals surface area contributed by atoms with Crippen molar-refractivity contribution in [2.24, 2.45) is 0 Å². The van der Waals surface area contributed by atoms with Gasteiger partial charge in [-0.2, -0.15) is 4.31 Å². The van der Waals surface area contributed by atoms with Crippen LogP contribution in [0.4, 0.5) is 15.9 Å². The summed E-state index contributed by atoms with van der Waals surface area (Å²) in [5.74, 6) is 1.14. The predicted octanol–water partition coefficient (Wildman–Crippen LogP) is 7.33. The van der Waals surface area contributed by atoms with E-state index in [9.17, 15) is 12.8 Å². The van der Waals surface area contributed by atoms with E-state index in [1.807, 2.05) is 26.0 Å². The SMILES string of the molecule is CCN(C(C)C1(c2cc3c(Nc4ccc(OCc5cccc(F)c5)c(Cl)c4)ncnc3cc2OC)CC=CO1)S(=O)(=O)C(C)C. The van der Waals surface area contributed by atoms with E-state index in [-0.39, 0.29) is 19.0 Å². The number of ether oxygens (including phenoxy) is 3. The van der Waals surface area contributed by atoms with Crippen LogP contribution in [0.1, 0.15) is 45.2 Å². The molecule has 45 heavy (non-hydrogen) atoms. The molecule has 0 aliphatic carbocycles. The number of methoxy groups -OCH3 is 1. The van der Waals surface area contributed by atoms with Crippen LogP contribution < -0.4 is 14.8 Å². The third-order valence-corrected chi connectivity index (χ3v) is 10.7. The van der Waals surface area contributed by atoms with Gasteiger partial charge in [-0.3, -0.25) is 0 Å². The van der Waals surface area contributed by atoms with Crippen molar-refractivity contribution < 1.29 is 27.0 Å². The number of anilines is 2. The maximum Gasteiger partial charge on any atom is 0.216 e. The lowest BCUT2D eigenvalue weighted by Crippen LogP contribution is -2.52. The zero-order valence-corrected chi connectivity index (χ0v) is 27.3. The van der Waals surface area contributed by atoms with Gasteiger partial charge in [0.1, 0.15) is 36.1 Å². The van der Waals surface area contributed by atoms with E-state index in [1.54, 1.807) is 63.6 Å². The predicted molar refractivity (Wildman–Crippen MR) is 174 cm³/mol. The Morgan fingerprint density at radius 1 is 1.11 bits per heavy atom. The Morgan fingerprint density at radius 3 is 2.56 bits per heavy atom. The minimum Gasteiger partial charge on any atom is -0.496 e. The number of halogens is 2. The van der Waals surface area contributed by atoms with Crippen molar-refractivity contribution in [2.75, 3.05) is 19.0 Å². The summed E-state index contributed by atoms with van der Waals surface area (Å²) in [4.78, 5) is 8.97. The molecule has 2 atom stereocenters. The van der Waals surface area contributed by atoms with E-state index in [0.29, 0.717) is 56.5 Å². The van der Waals surface area contributed by atoms with Gasteiger partial charge in [-0.05, 0) is 68.8 Å². The van der Waals surface area contributed by atoms with Crippen LogP contribution in [0.5, 0.6) is 11.5 Å². The van der Waals surface area contributed by atoms with Gasteiger partial charge in [0.2, 0.25) is 10.0 Å². The fourth-order valence-corrected chi connectivity index (χ4v) is 7.34. The van der Waals surface area contributed by atoms with Gasteiger partial charge in [0.25, 0.3) is 0 Å². The van der Waals surface area contributed by atoms with Crippen molar-refractivity contribution in [2.45, 2.75) is 57.6 Å². The number of aromatic nitrogens is 2. The fourth-order valence-electron chi connectivity index (χ4n) is 5.59. The normalized spacial score (nSPS) is 17.1. The zero-order valence-electron chi connectivity index (χ0n) is 25.8. The smallest absolute Gasteiger partial charge is 0.216 e. The van der Waals surface area contributed by atoms with Crippen LogP contribution in [0.15, 0.2) is 73.3 Å². The van der Waals surface area contributed by atoms with E-state index in [1.165, 1.54) is 22.8 Å². The molecule has 0 amide bonds. The molecular formula is C33H36ClFN4O5S. The summed E-state index contributed by atoms with van der Waals surface area (Å²) in [5, 5.41) is 3.76. The molecule has 0 spiro atoms. The van der Waals surface area contributed by atoms with Gasteiger partial charge in [-0.25, -0.2) is 22.8 Å². The Labute approximate surface area is 268 Å². The van der Waals surface area contributed by atoms with Crippen LogP contribution in [-0.2, 0) is 27.0 Å². The van der Waals surface area contributed by atoms with Crippen molar-refractivity contribution >= 4 is 44.0 Å². The number of nitrogens with zero attached hydrogens (tertiary/aromatic N) is 3. The van der Waals surface area contributed by atoms with E-state index in [4.69, 9.17) is 25.8 Å². The van der Waals surface area contributed by atoms with Crippen LogP contribution in [0, 0.1) is 5.82 Å². The summed E-state index contributed by atoms with van der Waals surface area (Å²) >= 11 is 6.55. The zero-order chi connectivity index (χ0) is 32.4. The molecule has 1 aromatic heterocycles. The molecule has 3 aromatic carbocycles. The summed E-state index contributed by atoms with van der Waals surface area (Å²) in [6.45, 7) is 7.47. The molecule has 0 saturated heterocycles. The van der Waals surface area contributed by atoms with E-state index in [0.717, 1.165) is 0 Å². The minimum absolute atomic E-state index is 0.163. The molecule has 0 bridgehead atoms. The highest BCUT2D eigenvalue weighted by Gasteiger charge is 2.49. The molecular weight excluding hydrogens is 619 g/mol. The number of hydrogen-bond acceptors (Lipinski definition) is 8. The average molecular weight is 655 g/mol. The van der Waals surface area contributed by atoms with Crippen molar-refractivity contribution in [1.29, 1.82) is 0 Å². The number of sulfonamides is 1. The van der Waals surface area contributed by atoms with Crippen LogP contribution in [-0.4, -0.2) is 47.6 Å². The molecule has 0 fully saturated rings. The molecule has 5 rings (SSSR count). The van der Waals surface area contributed by atoms with Crippen molar-refractivity contribution in [3.05, 3.63) is 95.2 Å². The number of fused-ring (bicyclic) bond motifs is 1. The number of nitrogens with one attached hydrogen (secondary N) is 1. The van der Waals surface area contributed by atoms with Gasteiger partial charge >= 0.3 is 0 Å². The molecule has 1 N–H and O–H groups in total. The Balaban J connectivity index is 1.50. The molecule has 2 unspecified atom stereocenters. The third kappa shape index (κ3) is 6.43. The quantitative estimate of drug-likeness (QED) is 0.169. The molecule has 0 radical (unpaired) electrons. The molecule has 1 aliphatic rings. The summed E-state index contributed by atoms with van der Waals surface area (Å²) in [7, 11) is -2.04. The van der Waals surface area contributed by atoms with Gasteiger partial charge < -0.3 is 19.5 Å². The van der Waals surface area contributed by atoms with Crippen LogP contribution in [0.2, 0.25) is 5.02 Å². The van der Waals surface area contributed by atoms with E-state index >= 15 is 0 Å². The van der Waals surface area contributed by atoms with Crippen molar-refractivity contribution in [3.63, 3.8) is 0 Å². The van der Waals surface area contributed by atoms with Gasteiger partial charge in [0.15, 0.2) is 5.60 Å². The highest BCUT2D eigenvalue weighted by molar-refractivity contribution is 7.89. The number of benzene rings is 3. The monoisotopic (exact) mass is 654 g/mol. The molecule has 2 heterocycles. The summed E-state index contributed by atoms with van der Waals surface area (Å²) in [5.41, 5.74) is 1.56. The van der Waals surface area contributed by atoms with Gasteiger partial charge in [0, 0.05) is 35.7 Å². The van der Waals surface area contributed by atoms with Gasteiger partial charge in [0.05, 0.1) is 35.2 Å². The maximum absolute atomic E-state index is 13.5. The first-order valence-corrected chi connectivity index (χ1v) is 16.5. The summed E-state index contributed by atoms with van der Waals surface area (Å²) in [6, 6.07) is 14.6. The highest BCUT2D eigenvalue weighted by atomic mass is 35.5. The number of rotatable bonds is 12. The standard InChI is InChI=1S/C33H36ClFN4O5S/c1-6-39(45(40,41)21(2)3)22(4)33(13-8-14-44-33)27-17-26-29(18-31(27)42-5)36-20-37-32(26)38-25-11-12-30(28(34)16-25)43-19-23-9-7-10-24(35)15-23/h7-12,14-18,20-22H,6,13,19H2,1-5H3,(H,36,37,38). The Hall–Kier alpha value is -3.93. The van der Waals surface area contributed by atoms with Crippen LogP contribution in [0.3, 0.4) is 0 Å². The first-order chi connectivity index (χ1) is 21.5. The average Bonchev–Trinajstić information content (AvgIpc) is 3.51. The van der Waals surface area contributed by atoms with Gasteiger partial charge in [-0.1, -0.05) is 30.7 Å². The topological polar surface area (TPSA) is 103 Å². The first-order valence-electron chi connectivity index (χ1n) is 14.6. The van der Waals surface area contributed by atoms with Crippen molar-refractivity contribution in [1.82, 2.24) is 14.3 Å². The third-order valence-electron chi connectivity index (χ3n) is 8.03. The van der Waals surface area contributed by atoms with E-state index < -0.39 is 26.9 Å².